The average molecular weight is 325 g/mol. The number of aryl methyl sites for hydroxylation is 1. The van der Waals surface area contributed by atoms with Gasteiger partial charge in [-0.3, -0.25) is 0 Å². The summed E-state index contributed by atoms with van der Waals surface area (Å²) in [5, 5.41) is 9.18. The topological polar surface area (TPSA) is 64.7 Å². The van der Waals surface area contributed by atoms with E-state index in [0.29, 0.717) is 17.4 Å². The summed E-state index contributed by atoms with van der Waals surface area (Å²) < 4.78 is 16.8. The first-order valence-electron chi connectivity index (χ1n) is 7.63. The highest BCUT2D eigenvalue weighted by atomic mass is 16.5. The largest absolute Gasteiger partial charge is 0.493 e. The second-order valence-electron chi connectivity index (χ2n) is 5.32. The maximum atomic E-state index is 9.18. The molecule has 0 saturated carbocycles. The zero-order valence-electron chi connectivity index (χ0n) is 13.7. The van der Waals surface area contributed by atoms with Crippen molar-refractivity contribution in [2.45, 2.75) is 20.1 Å². The van der Waals surface area contributed by atoms with E-state index in [0.717, 1.165) is 22.6 Å². The van der Waals surface area contributed by atoms with Crippen LogP contribution in [0.2, 0.25) is 0 Å². The van der Waals surface area contributed by atoms with Crippen molar-refractivity contribution in [1.82, 2.24) is 4.98 Å². The molecular weight excluding hydrogens is 306 g/mol. The van der Waals surface area contributed by atoms with Crippen molar-refractivity contribution >= 4 is 0 Å². The molecule has 0 amide bonds. The van der Waals surface area contributed by atoms with Crippen LogP contribution < -0.4 is 9.47 Å². The van der Waals surface area contributed by atoms with Crippen LogP contribution in [0.25, 0.3) is 11.5 Å². The first-order valence-corrected chi connectivity index (χ1v) is 7.63. The number of rotatable bonds is 6. The number of nitrogens with zero attached hydrogens (tertiary/aromatic N) is 1. The van der Waals surface area contributed by atoms with Gasteiger partial charge in [0, 0.05) is 5.56 Å². The Balaban J connectivity index is 1.77. The van der Waals surface area contributed by atoms with Crippen LogP contribution in [0.3, 0.4) is 0 Å². The van der Waals surface area contributed by atoms with Gasteiger partial charge >= 0.3 is 0 Å². The van der Waals surface area contributed by atoms with Gasteiger partial charge in [0.1, 0.15) is 18.1 Å². The molecule has 124 valence electrons. The number of benzene rings is 2. The molecule has 2 aromatic carbocycles. The minimum atomic E-state index is -0.0422. The maximum Gasteiger partial charge on any atom is 0.226 e. The van der Waals surface area contributed by atoms with E-state index in [4.69, 9.17) is 13.9 Å². The van der Waals surface area contributed by atoms with Gasteiger partial charge in [-0.1, -0.05) is 24.3 Å². The summed E-state index contributed by atoms with van der Waals surface area (Å²) >= 11 is 0. The summed E-state index contributed by atoms with van der Waals surface area (Å²) in [7, 11) is 1.57. The summed E-state index contributed by atoms with van der Waals surface area (Å²) in [6.45, 7) is 2.10. The Morgan fingerprint density at radius 3 is 2.58 bits per heavy atom. The number of ether oxygens (including phenoxy) is 2. The lowest BCUT2D eigenvalue weighted by atomic mass is 10.2. The molecule has 1 aromatic heterocycles. The first kappa shape index (κ1) is 16.1. The summed E-state index contributed by atoms with van der Waals surface area (Å²) in [5.41, 5.74) is 2.43. The van der Waals surface area contributed by atoms with Gasteiger partial charge in [-0.05, 0) is 36.8 Å². The van der Waals surface area contributed by atoms with Gasteiger partial charge in [-0.15, -0.1) is 0 Å². The molecule has 1 N–H and O–H groups in total. The van der Waals surface area contributed by atoms with Gasteiger partial charge in [-0.25, -0.2) is 4.98 Å². The second kappa shape index (κ2) is 7.19. The molecule has 1 heterocycles. The van der Waals surface area contributed by atoms with Crippen LogP contribution in [0.1, 0.15) is 17.0 Å². The van der Waals surface area contributed by atoms with Gasteiger partial charge < -0.3 is 19.0 Å². The van der Waals surface area contributed by atoms with Crippen molar-refractivity contribution in [3.63, 3.8) is 0 Å². The summed E-state index contributed by atoms with van der Waals surface area (Å²) in [5.74, 6) is 2.47. The Bertz CT molecular complexity index is 811. The third-order valence-corrected chi connectivity index (χ3v) is 3.69. The molecular formula is C19H19NO4. The van der Waals surface area contributed by atoms with Gasteiger partial charge in [0.25, 0.3) is 0 Å². The summed E-state index contributed by atoms with van der Waals surface area (Å²) in [6, 6.07) is 15.1. The molecule has 0 spiro atoms. The zero-order valence-corrected chi connectivity index (χ0v) is 13.7. The fourth-order valence-electron chi connectivity index (χ4n) is 2.34. The number of aromatic nitrogens is 1. The number of hydrogen-bond donors (Lipinski definition) is 1. The summed E-state index contributed by atoms with van der Waals surface area (Å²) in [4.78, 5) is 4.51. The van der Waals surface area contributed by atoms with Crippen LogP contribution >= 0.6 is 0 Å². The molecule has 0 aliphatic heterocycles. The molecule has 24 heavy (non-hydrogen) atoms. The van der Waals surface area contributed by atoms with Gasteiger partial charge in [0.05, 0.1) is 13.7 Å². The van der Waals surface area contributed by atoms with Crippen LogP contribution in [0.15, 0.2) is 52.9 Å². The fraction of sp³-hybridized carbons (Fsp3) is 0.211. The van der Waals surface area contributed by atoms with E-state index in [1.165, 1.54) is 0 Å². The van der Waals surface area contributed by atoms with E-state index in [1.54, 1.807) is 25.3 Å². The molecule has 0 aliphatic rings. The predicted octanol–water partition coefficient (Wildman–Crippen LogP) is 3.73. The van der Waals surface area contributed by atoms with Gasteiger partial charge in [0.15, 0.2) is 11.5 Å². The van der Waals surface area contributed by atoms with E-state index >= 15 is 0 Å². The van der Waals surface area contributed by atoms with Crippen molar-refractivity contribution in [2.75, 3.05) is 7.11 Å². The molecule has 5 nitrogen and oxygen atoms in total. The van der Waals surface area contributed by atoms with Crippen LogP contribution in [0.5, 0.6) is 11.5 Å². The third kappa shape index (κ3) is 3.41. The highest BCUT2D eigenvalue weighted by Gasteiger charge is 2.13. The molecule has 3 aromatic rings. The standard InChI is InChI=1S/C19H19NO4/c1-13-16(20-19(24-13)15-6-4-3-5-7-15)12-23-17-9-8-14(11-21)10-18(17)22-2/h3-10,21H,11-12H2,1-2H3. The predicted molar refractivity (Wildman–Crippen MR) is 89.9 cm³/mol. The third-order valence-electron chi connectivity index (χ3n) is 3.69. The highest BCUT2D eigenvalue weighted by Crippen LogP contribution is 2.29. The molecule has 5 heteroatoms. The van der Waals surface area contributed by atoms with Crippen molar-refractivity contribution in [2.24, 2.45) is 0 Å². The number of methoxy groups -OCH3 is 1. The van der Waals surface area contributed by atoms with E-state index in [1.807, 2.05) is 37.3 Å². The fourth-order valence-corrected chi connectivity index (χ4v) is 2.34. The zero-order chi connectivity index (χ0) is 16.9. The lowest BCUT2D eigenvalue weighted by Gasteiger charge is -2.10. The van der Waals surface area contributed by atoms with Crippen LogP contribution in [0, 0.1) is 6.92 Å². The van der Waals surface area contributed by atoms with E-state index in [2.05, 4.69) is 4.98 Å². The number of aliphatic hydroxyl groups excluding tert-OH is 1. The molecule has 3 rings (SSSR count). The minimum Gasteiger partial charge on any atom is -0.493 e. The Labute approximate surface area is 140 Å². The highest BCUT2D eigenvalue weighted by molar-refractivity contribution is 5.53. The quantitative estimate of drug-likeness (QED) is 0.748. The number of hydrogen-bond acceptors (Lipinski definition) is 5. The molecule has 0 fully saturated rings. The van der Waals surface area contributed by atoms with Crippen LogP contribution in [-0.2, 0) is 13.2 Å². The smallest absolute Gasteiger partial charge is 0.226 e. The normalized spacial score (nSPS) is 10.6. The Morgan fingerprint density at radius 2 is 1.88 bits per heavy atom. The molecule has 0 unspecified atom stereocenters. The van der Waals surface area contributed by atoms with Crippen LogP contribution in [-0.4, -0.2) is 17.2 Å². The molecule has 0 atom stereocenters. The number of aliphatic hydroxyl groups is 1. The van der Waals surface area contributed by atoms with Gasteiger partial charge in [0.2, 0.25) is 5.89 Å². The Morgan fingerprint density at radius 1 is 1.08 bits per heavy atom. The van der Waals surface area contributed by atoms with E-state index in [-0.39, 0.29) is 13.2 Å². The SMILES string of the molecule is COc1cc(CO)ccc1OCc1nc(-c2ccccc2)oc1C. The van der Waals surface area contributed by atoms with Crippen molar-refractivity contribution in [1.29, 1.82) is 0 Å². The lowest BCUT2D eigenvalue weighted by Crippen LogP contribution is -2.00. The van der Waals surface area contributed by atoms with Gasteiger partial charge in [-0.2, -0.15) is 0 Å². The average Bonchev–Trinajstić information content (AvgIpc) is 3.01. The molecule has 0 aliphatic carbocycles. The Kier molecular flexibility index (Phi) is 4.82. The van der Waals surface area contributed by atoms with Crippen molar-refractivity contribution in [3.05, 3.63) is 65.5 Å². The maximum absolute atomic E-state index is 9.18. The Hall–Kier alpha value is -2.79. The van der Waals surface area contributed by atoms with Crippen molar-refractivity contribution < 1.29 is 19.0 Å². The number of oxazole rings is 1. The minimum absolute atomic E-state index is 0.0422. The second-order valence-corrected chi connectivity index (χ2v) is 5.32. The summed E-state index contributed by atoms with van der Waals surface area (Å²) in [6.07, 6.45) is 0. The lowest BCUT2D eigenvalue weighted by molar-refractivity contribution is 0.272. The first-order chi connectivity index (χ1) is 11.7. The molecule has 0 saturated heterocycles. The monoisotopic (exact) mass is 325 g/mol. The van der Waals surface area contributed by atoms with Crippen LogP contribution in [0.4, 0.5) is 0 Å². The van der Waals surface area contributed by atoms with E-state index < -0.39 is 0 Å². The molecule has 0 radical (unpaired) electrons. The van der Waals surface area contributed by atoms with E-state index in [9.17, 15) is 5.11 Å². The van der Waals surface area contributed by atoms with Crippen molar-refractivity contribution in [3.8, 4) is 23.0 Å². The molecule has 0 bridgehead atoms.